The first-order valence-electron chi connectivity index (χ1n) is 8.20. The zero-order valence-electron chi connectivity index (χ0n) is 12.9. The van der Waals surface area contributed by atoms with E-state index in [-0.39, 0.29) is 0 Å². The molecule has 2 nitrogen and oxygen atoms in total. The molecular weight excluding hydrogens is 256 g/mol. The molecule has 112 valence electrons. The minimum Gasteiger partial charge on any atom is -0.271 e. The second-order valence-electron chi connectivity index (χ2n) is 6.65. The lowest BCUT2D eigenvalue weighted by atomic mass is 9.77. The first-order chi connectivity index (χ1) is 10.3. The molecule has 0 spiro atoms. The zero-order valence-corrected chi connectivity index (χ0v) is 12.9. The van der Waals surface area contributed by atoms with Crippen molar-refractivity contribution in [2.75, 3.05) is 0 Å². The molecule has 0 amide bonds. The minimum atomic E-state index is 0.388. The lowest BCUT2D eigenvalue weighted by Crippen LogP contribution is -2.44. The topological polar surface area (TPSA) is 38.0 Å². The van der Waals surface area contributed by atoms with Crippen LogP contribution in [0.15, 0.2) is 42.5 Å². The Morgan fingerprint density at radius 2 is 1.95 bits per heavy atom. The monoisotopic (exact) mass is 282 g/mol. The third kappa shape index (κ3) is 3.28. The minimum absolute atomic E-state index is 0.388. The second kappa shape index (κ2) is 6.59. The van der Waals surface area contributed by atoms with Crippen molar-refractivity contribution >= 4 is 10.8 Å². The number of hydrogen-bond donors (Lipinski definition) is 2. The molecule has 21 heavy (non-hydrogen) atoms. The van der Waals surface area contributed by atoms with Gasteiger partial charge in [-0.25, -0.2) is 0 Å². The maximum absolute atomic E-state index is 5.89. The largest absolute Gasteiger partial charge is 0.271 e. The summed E-state index contributed by atoms with van der Waals surface area (Å²) in [5.74, 6) is 7.44. The average Bonchev–Trinajstić information content (AvgIpc) is 2.52. The number of hydrogen-bond acceptors (Lipinski definition) is 2. The number of fused-ring (bicyclic) bond motifs is 1. The molecular formula is C19H26N2. The predicted molar refractivity (Wildman–Crippen MR) is 89.9 cm³/mol. The number of nitrogens with two attached hydrogens (primary N) is 1. The van der Waals surface area contributed by atoms with Crippen LogP contribution in [0.1, 0.15) is 38.2 Å². The fourth-order valence-electron chi connectivity index (χ4n) is 3.92. The molecule has 1 aliphatic rings. The summed E-state index contributed by atoms with van der Waals surface area (Å²) in [6, 6.07) is 15.6. The highest BCUT2D eigenvalue weighted by Crippen LogP contribution is 2.32. The molecule has 0 radical (unpaired) electrons. The number of rotatable bonds is 4. The van der Waals surface area contributed by atoms with E-state index in [1.54, 1.807) is 0 Å². The highest BCUT2D eigenvalue weighted by atomic mass is 15.2. The molecule has 3 N–H and O–H groups in total. The molecule has 0 aromatic heterocycles. The van der Waals surface area contributed by atoms with E-state index in [0.29, 0.717) is 12.0 Å². The van der Waals surface area contributed by atoms with E-state index < -0.39 is 0 Å². The van der Waals surface area contributed by atoms with Crippen LogP contribution >= 0.6 is 0 Å². The van der Waals surface area contributed by atoms with E-state index in [1.807, 2.05) is 0 Å². The van der Waals surface area contributed by atoms with Gasteiger partial charge < -0.3 is 0 Å². The number of nitrogens with one attached hydrogen (secondary N) is 1. The van der Waals surface area contributed by atoms with Gasteiger partial charge in [-0.05, 0) is 47.4 Å². The standard InChI is InChI=1S/C19H26N2/c1-14-6-4-10-17(12-14)19(21-20)13-16-9-5-8-15-7-2-3-11-18(15)16/h2-3,5,7-9,11,14,17,19,21H,4,6,10,12-13,20H2,1H3. The van der Waals surface area contributed by atoms with Crippen molar-refractivity contribution in [3.05, 3.63) is 48.0 Å². The van der Waals surface area contributed by atoms with E-state index in [9.17, 15) is 0 Å². The summed E-state index contributed by atoms with van der Waals surface area (Å²) < 4.78 is 0. The van der Waals surface area contributed by atoms with Gasteiger partial charge >= 0.3 is 0 Å². The predicted octanol–water partition coefficient (Wildman–Crippen LogP) is 4.04. The van der Waals surface area contributed by atoms with E-state index in [4.69, 9.17) is 5.84 Å². The zero-order chi connectivity index (χ0) is 14.7. The summed E-state index contributed by atoms with van der Waals surface area (Å²) in [4.78, 5) is 0. The third-order valence-electron chi connectivity index (χ3n) is 5.08. The molecule has 0 heterocycles. The van der Waals surface area contributed by atoms with Gasteiger partial charge in [0.05, 0.1) is 0 Å². The Morgan fingerprint density at radius 3 is 2.76 bits per heavy atom. The van der Waals surface area contributed by atoms with Gasteiger partial charge in [0, 0.05) is 6.04 Å². The Hall–Kier alpha value is -1.38. The molecule has 0 bridgehead atoms. The first kappa shape index (κ1) is 14.6. The molecule has 1 saturated carbocycles. The van der Waals surface area contributed by atoms with Gasteiger partial charge in [0.1, 0.15) is 0 Å². The lowest BCUT2D eigenvalue weighted by Gasteiger charge is -2.33. The summed E-state index contributed by atoms with van der Waals surface area (Å²) in [7, 11) is 0. The smallest absolute Gasteiger partial charge is 0.0279 e. The van der Waals surface area contributed by atoms with Crippen LogP contribution in [0.25, 0.3) is 10.8 Å². The highest BCUT2D eigenvalue weighted by molar-refractivity contribution is 5.85. The molecule has 1 fully saturated rings. The molecule has 3 rings (SSSR count). The van der Waals surface area contributed by atoms with Crippen LogP contribution in [0.4, 0.5) is 0 Å². The van der Waals surface area contributed by atoms with Crippen LogP contribution in [-0.2, 0) is 6.42 Å². The van der Waals surface area contributed by atoms with Crippen molar-refractivity contribution in [2.45, 2.75) is 45.1 Å². The second-order valence-corrected chi connectivity index (χ2v) is 6.65. The molecule has 2 heteroatoms. The average molecular weight is 282 g/mol. The Balaban J connectivity index is 1.82. The van der Waals surface area contributed by atoms with Gasteiger partial charge in [-0.2, -0.15) is 0 Å². The molecule has 2 aromatic carbocycles. The van der Waals surface area contributed by atoms with Crippen LogP contribution in [0, 0.1) is 11.8 Å². The van der Waals surface area contributed by atoms with Gasteiger partial charge in [-0.1, -0.05) is 62.2 Å². The Labute approximate surface area is 127 Å². The van der Waals surface area contributed by atoms with E-state index in [2.05, 4.69) is 54.8 Å². The van der Waals surface area contributed by atoms with Gasteiger partial charge in [0.15, 0.2) is 0 Å². The normalized spacial score (nSPS) is 24.1. The summed E-state index contributed by atoms with van der Waals surface area (Å²) in [6.07, 6.45) is 6.36. The van der Waals surface area contributed by atoms with Crippen LogP contribution in [0.5, 0.6) is 0 Å². The molecule has 3 atom stereocenters. The molecule has 0 aliphatic heterocycles. The SMILES string of the molecule is CC1CCCC(C(Cc2cccc3ccccc23)NN)C1. The first-order valence-corrected chi connectivity index (χ1v) is 8.20. The van der Waals surface area contributed by atoms with E-state index in [1.165, 1.54) is 42.0 Å². The van der Waals surface area contributed by atoms with Crippen molar-refractivity contribution in [3.63, 3.8) is 0 Å². The van der Waals surface area contributed by atoms with Crippen molar-refractivity contribution < 1.29 is 0 Å². The maximum Gasteiger partial charge on any atom is 0.0279 e. The number of benzene rings is 2. The fraction of sp³-hybridized carbons (Fsp3) is 0.474. The quantitative estimate of drug-likeness (QED) is 0.656. The van der Waals surface area contributed by atoms with Gasteiger partial charge in [0.2, 0.25) is 0 Å². The fourth-order valence-corrected chi connectivity index (χ4v) is 3.92. The summed E-state index contributed by atoms with van der Waals surface area (Å²) in [5.41, 5.74) is 4.52. The van der Waals surface area contributed by atoms with Gasteiger partial charge in [0.25, 0.3) is 0 Å². The van der Waals surface area contributed by atoms with E-state index >= 15 is 0 Å². The molecule has 3 unspecified atom stereocenters. The van der Waals surface area contributed by atoms with Crippen LogP contribution < -0.4 is 11.3 Å². The summed E-state index contributed by atoms with van der Waals surface area (Å²) >= 11 is 0. The number of hydrazine groups is 1. The van der Waals surface area contributed by atoms with Crippen LogP contribution in [0.2, 0.25) is 0 Å². The Kier molecular flexibility index (Phi) is 4.57. The summed E-state index contributed by atoms with van der Waals surface area (Å²) in [6.45, 7) is 2.37. The molecule has 0 saturated heterocycles. The highest BCUT2D eigenvalue weighted by Gasteiger charge is 2.26. The Bertz CT molecular complexity index is 588. The van der Waals surface area contributed by atoms with Gasteiger partial charge in [-0.3, -0.25) is 11.3 Å². The van der Waals surface area contributed by atoms with Crippen LogP contribution in [0.3, 0.4) is 0 Å². The van der Waals surface area contributed by atoms with Gasteiger partial charge in [-0.15, -0.1) is 0 Å². The third-order valence-corrected chi connectivity index (χ3v) is 5.08. The van der Waals surface area contributed by atoms with Crippen molar-refractivity contribution in [1.82, 2.24) is 5.43 Å². The lowest BCUT2D eigenvalue weighted by molar-refractivity contribution is 0.222. The van der Waals surface area contributed by atoms with Crippen LogP contribution in [-0.4, -0.2) is 6.04 Å². The summed E-state index contributed by atoms with van der Waals surface area (Å²) in [5, 5.41) is 2.69. The molecule has 2 aromatic rings. The maximum atomic E-state index is 5.89. The molecule has 1 aliphatic carbocycles. The van der Waals surface area contributed by atoms with Crippen molar-refractivity contribution in [3.8, 4) is 0 Å². The Morgan fingerprint density at radius 1 is 1.14 bits per heavy atom. The van der Waals surface area contributed by atoms with E-state index in [0.717, 1.165) is 12.3 Å². The van der Waals surface area contributed by atoms with Crippen molar-refractivity contribution in [2.24, 2.45) is 17.7 Å². The van der Waals surface area contributed by atoms with Crippen molar-refractivity contribution in [1.29, 1.82) is 0 Å².